The van der Waals surface area contributed by atoms with Crippen molar-refractivity contribution in [1.82, 2.24) is 0 Å². The monoisotopic (exact) mass is 267 g/mol. The lowest BCUT2D eigenvalue weighted by Crippen LogP contribution is -2.30. The van der Waals surface area contributed by atoms with Crippen LogP contribution in [-0.2, 0) is 4.74 Å². The minimum atomic E-state index is -1.10. The molecule has 1 N–H and O–H groups in total. The number of ether oxygens (including phenoxy) is 1. The molecule has 1 aromatic carbocycles. The highest BCUT2D eigenvalue weighted by Crippen LogP contribution is 2.24. The number of nitrogens with zero attached hydrogens (tertiary/aromatic N) is 1. The van der Waals surface area contributed by atoms with Gasteiger partial charge in [0.1, 0.15) is 5.82 Å². The molecule has 5 heteroatoms. The largest absolute Gasteiger partial charge is 0.478 e. The summed E-state index contributed by atoms with van der Waals surface area (Å²) in [5.74, 6) is -1.14. The molecule has 0 amide bonds. The molecular weight excluding hydrogens is 249 g/mol. The Morgan fingerprint density at radius 1 is 1.47 bits per heavy atom. The number of halogens is 1. The van der Waals surface area contributed by atoms with Crippen molar-refractivity contribution in [3.63, 3.8) is 0 Å². The van der Waals surface area contributed by atoms with E-state index in [9.17, 15) is 9.18 Å². The Balaban J connectivity index is 2.13. The molecule has 1 saturated heterocycles. The highest BCUT2D eigenvalue weighted by atomic mass is 19.1. The van der Waals surface area contributed by atoms with E-state index in [0.717, 1.165) is 38.7 Å². The van der Waals surface area contributed by atoms with Crippen LogP contribution in [0.5, 0.6) is 0 Å². The van der Waals surface area contributed by atoms with E-state index in [-0.39, 0.29) is 5.56 Å². The summed E-state index contributed by atoms with van der Waals surface area (Å²) in [6.07, 6.45) is 1.96. The first kappa shape index (κ1) is 13.8. The molecule has 0 aliphatic carbocycles. The lowest BCUT2D eigenvalue weighted by atomic mass is 9.99. The summed E-state index contributed by atoms with van der Waals surface area (Å²) >= 11 is 0. The fraction of sp³-hybridized carbons (Fsp3) is 0.500. The molecule has 2 rings (SSSR count). The number of aromatic carboxylic acids is 1. The van der Waals surface area contributed by atoms with Crippen LogP contribution in [0, 0.1) is 11.7 Å². The van der Waals surface area contributed by atoms with Crippen LogP contribution >= 0.6 is 0 Å². The Morgan fingerprint density at radius 2 is 2.16 bits per heavy atom. The second-order valence-corrected chi connectivity index (χ2v) is 4.90. The van der Waals surface area contributed by atoms with Crippen molar-refractivity contribution < 1.29 is 19.0 Å². The predicted molar refractivity (Wildman–Crippen MR) is 70.2 cm³/mol. The number of carboxylic acid groups (broad SMARTS) is 1. The Bertz CT molecular complexity index is 458. The van der Waals surface area contributed by atoms with Crippen molar-refractivity contribution in [3.8, 4) is 0 Å². The molecular formula is C14H18FNO3. The highest BCUT2D eigenvalue weighted by Gasteiger charge is 2.19. The number of carbonyl (C=O) groups is 1. The van der Waals surface area contributed by atoms with Gasteiger partial charge in [0.05, 0.1) is 11.3 Å². The minimum absolute atomic E-state index is 0.00885. The van der Waals surface area contributed by atoms with E-state index in [1.807, 2.05) is 11.9 Å². The molecule has 0 atom stereocenters. The molecule has 0 radical (unpaired) electrons. The standard InChI is InChI=1S/C14H18FNO3/c1-16(9-10-4-6-19-7-5-10)13-3-2-11(15)8-12(13)14(17)18/h2-3,8,10H,4-7,9H2,1H3,(H,17,18). The van der Waals surface area contributed by atoms with Gasteiger partial charge in [-0.05, 0) is 37.0 Å². The number of hydrogen-bond donors (Lipinski definition) is 1. The Labute approximate surface area is 111 Å². The lowest BCUT2D eigenvalue weighted by molar-refractivity contribution is 0.0678. The second-order valence-electron chi connectivity index (χ2n) is 4.90. The number of anilines is 1. The first-order valence-electron chi connectivity index (χ1n) is 6.39. The smallest absolute Gasteiger partial charge is 0.337 e. The van der Waals surface area contributed by atoms with Gasteiger partial charge in [-0.2, -0.15) is 0 Å². The number of benzene rings is 1. The van der Waals surface area contributed by atoms with Crippen LogP contribution in [-0.4, -0.2) is 37.9 Å². The van der Waals surface area contributed by atoms with Gasteiger partial charge in [-0.3, -0.25) is 0 Å². The Hall–Kier alpha value is -1.62. The Kier molecular flexibility index (Phi) is 4.37. The van der Waals surface area contributed by atoms with E-state index in [4.69, 9.17) is 9.84 Å². The van der Waals surface area contributed by atoms with Crippen LogP contribution < -0.4 is 4.90 Å². The molecule has 104 valence electrons. The predicted octanol–water partition coefficient (Wildman–Crippen LogP) is 2.39. The third-order valence-electron chi connectivity index (χ3n) is 3.47. The van der Waals surface area contributed by atoms with Crippen LogP contribution in [0.2, 0.25) is 0 Å². The summed E-state index contributed by atoms with van der Waals surface area (Å²) in [4.78, 5) is 13.0. The molecule has 0 bridgehead atoms. The average Bonchev–Trinajstić information content (AvgIpc) is 2.39. The third-order valence-corrected chi connectivity index (χ3v) is 3.47. The van der Waals surface area contributed by atoms with Crippen molar-refractivity contribution in [2.45, 2.75) is 12.8 Å². The summed E-state index contributed by atoms with van der Waals surface area (Å²) in [6, 6.07) is 3.89. The zero-order valence-electron chi connectivity index (χ0n) is 10.9. The van der Waals surface area contributed by atoms with Crippen molar-refractivity contribution in [2.24, 2.45) is 5.92 Å². The van der Waals surface area contributed by atoms with E-state index in [0.29, 0.717) is 11.6 Å². The molecule has 0 saturated carbocycles. The van der Waals surface area contributed by atoms with Crippen LogP contribution in [0.4, 0.5) is 10.1 Å². The minimum Gasteiger partial charge on any atom is -0.478 e. The van der Waals surface area contributed by atoms with Crippen molar-refractivity contribution in [3.05, 3.63) is 29.6 Å². The maximum absolute atomic E-state index is 13.1. The summed E-state index contributed by atoms with van der Waals surface area (Å²) in [6.45, 7) is 2.27. The molecule has 1 aliphatic rings. The summed E-state index contributed by atoms with van der Waals surface area (Å²) in [7, 11) is 1.84. The fourth-order valence-corrected chi connectivity index (χ4v) is 2.43. The van der Waals surface area contributed by atoms with E-state index in [1.54, 1.807) is 0 Å². The molecule has 0 aromatic heterocycles. The van der Waals surface area contributed by atoms with Gasteiger partial charge in [-0.25, -0.2) is 9.18 Å². The van der Waals surface area contributed by atoms with Crippen LogP contribution in [0.1, 0.15) is 23.2 Å². The zero-order chi connectivity index (χ0) is 13.8. The van der Waals surface area contributed by atoms with Crippen LogP contribution in [0.25, 0.3) is 0 Å². The SMILES string of the molecule is CN(CC1CCOCC1)c1ccc(F)cc1C(=O)O. The molecule has 1 fully saturated rings. The molecule has 1 heterocycles. The summed E-state index contributed by atoms with van der Waals surface area (Å²) in [5.41, 5.74) is 0.565. The lowest BCUT2D eigenvalue weighted by Gasteiger charge is -2.29. The fourth-order valence-electron chi connectivity index (χ4n) is 2.43. The first-order chi connectivity index (χ1) is 9.08. The van der Waals surface area contributed by atoms with Gasteiger partial charge < -0.3 is 14.7 Å². The summed E-state index contributed by atoms with van der Waals surface area (Å²) < 4.78 is 18.4. The van der Waals surface area contributed by atoms with E-state index in [2.05, 4.69) is 0 Å². The number of hydrogen-bond acceptors (Lipinski definition) is 3. The number of rotatable bonds is 4. The molecule has 19 heavy (non-hydrogen) atoms. The zero-order valence-corrected chi connectivity index (χ0v) is 10.9. The van der Waals surface area contributed by atoms with Gasteiger partial charge in [0.25, 0.3) is 0 Å². The van der Waals surface area contributed by atoms with E-state index in [1.165, 1.54) is 12.1 Å². The Morgan fingerprint density at radius 3 is 2.79 bits per heavy atom. The van der Waals surface area contributed by atoms with Gasteiger partial charge in [-0.15, -0.1) is 0 Å². The normalized spacial score (nSPS) is 16.3. The molecule has 1 aromatic rings. The second kappa shape index (κ2) is 6.02. The van der Waals surface area contributed by atoms with Gasteiger partial charge in [0.2, 0.25) is 0 Å². The average molecular weight is 267 g/mol. The summed E-state index contributed by atoms with van der Waals surface area (Å²) in [5, 5.41) is 9.13. The quantitative estimate of drug-likeness (QED) is 0.910. The molecule has 1 aliphatic heterocycles. The topological polar surface area (TPSA) is 49.8 Å². The number of carboxylic acids is 1. The van der Waals surface area contributed by atoms with Gasteiger partial charge in [-0.1, -0.05) is 0 Å². The van der Waals surface area contributed by atoms with Crippen LogP contribution in [0.3, 0.4) is 0 Å². The third kappa shape index (κ3) is 3.44. The molecule has 4 nitrogen and oxygen atoms in total. The van der Waals surface area contributed by atoms with Gasteiger partial charge in [0.15, 0.2) is 0 Å². The maximum atomic E-state index is 13.1. The van der Waals surface area contributed by atoms with E-state index < -0.39 is 11.8 Å². The molecule has 0 unspecified atom stereocenters. The van der Waals surface area contributed by atoms with E-state index >= 15 is 0 Å². The van der Waals surface area contributed by atoms with Crippen molar-refractivity contribution in [1.29, 1.82) is 0 Å². The first-order valence-corrected chi connectivity index (χ1v) is 6.39. The van der Waals surface area contributed by atoms with Crippen molar-refractivity contribution >= 4 is 11.7 Å². The highest BCUT2D eigenvalue weighted by molar-refractivity contribution is 5.94. The van der Waals surface area contributed by atoms with Crippen LogP contribution in [0.15, 0.2) is 18.2 Å². The van der Waals surface area contributed by atoms with Crippen molar-refractivity contribution in [2.75, 3.05) is 31.7 Å². The van der Waals surface area contributed by atoms with Gasteiger partial charge in [0, 0.05) is 26.8 Å². The maximum Gasteiger partial charge on any atom is 0.337 e. The molecule has 0 spiro atoms. The van der Waals surface area contributed by atoms with Gasteiger partial charge >= 0.3 is 5.97 Å².